The number of rotatable bonds is 7. The first-order valence-corrected chi connectivity index (χ1v) is 9.88. The predicted molar refractivity (Wildman–Crippen MR) is 88.8 cm³/mol. The molecule has 0 spiro atoms. The van der Waals surface area contributed by atoms with Crippen LogP contribution in [0.2, 0.25) is 0 Å². The van der Waals surface area contributed by atoms with E-state index in [4.69, 9.17) is 4.74 Å². The van der Waals surface area contributed by atoms with E-state index in [1.54, 1.807) is 35.6 Å². The highest BCUT2D eigenvalue weighted by atomic mass is 79.9. The topological polar surface area (TPSA) is 55.4 Å². The molecule has 0 aliphatic carbocycles. The van der Waals surface area contributed by atoms with Gasteiger partial charge in [-0.05, 0) is 46.3 Å². The van der Waals surface area contributed by atoms with Crippen LogP contribution in [0.1, 0.15) is 4.88 Å². The van der Waals surface area contributed by atoms with E-state index in [9.17, 15) is 8.42 Å². The van der Waals surface area contributed by atoms with Crippen LogP contribution in [0, 0.1) is 0 Å². The predicted octanol–water partition coefficient (Wildman–Crippen LogP) is 3.08. The zero-order valence-electron chi connectivity index (χ0n) is 11.5. The summed E-state index contributed by atoms with van der Waals surface area (Å²) in [7, 11) is -3.15. The Bertz CT molecular complexity index is 680. The van der Waals surface area contributed by atoms with Gasteiger partial charge in [-0.2, -0.15) is 0 Å². The second kappa shape index (κ2) is 7.40. The van der Waals surface area contributed by atoms with E-state index < -0.39 is 9.84 Å². The molecule has 0 aliphatic rings. The van der Waals surface area contributed by atoms with E-state index in [1.807, 2.05) is 0 Å². The molecule has 0 atom stereocenters. The number of hydrogen-bond acceptors (Lipinski definition) is 5. The van der Waals surface area contributed by atoms with Crippen molar-refractivity contribution in [2.75, 3.05) is 19.4 Å². The maximum atomic E-state index is 11.3. The summed E-state index contributed by atoms with van der Waals surface area (Å²) in [6.07, 6.45) is 1.19. The largest absolute Gasteiger partial charge is 0.492 e. The average molecular weight is 390 g/mol. The summed E-state index contributed by atoms with van der Waals surface area (Å²) in [4.78, 5) is 1.57. The molecule has 0 saturated heterocycles. The van der Waals surface area contributed by atoms with Crippen LogP contribution in [-0.4, -0.2) is 27.8 Å². The Balaban J connectivity index is 1.71. The summed E-state index contributed by atoms with van der Waals surface area (Å²) < 4.78 is 29.3. The molecule has 0 bridgehead atoms. The Morgan fingerprint density at radius 3 is 2.57 bits per heavy atom. The molecule has 2 aromatic rings. The van der Waals surface area contributed by atoms with Gasteiger partial charge in [-0.25, -0.2) is 8.42 Å². The average Bonchev–Trinajstić information content (AvgIpc) is 2.84. The quantitative estimate of drug-likeness (QED) is 0.739. The fourth-order valence-corrected chi connectivity index (χ4v) is 3.73. The third kappa shape index (κ3) is 5.43. The van der Waals surface area contributed by atoms with Crippen molar-refractivity contribution >= 4 is 37.1 Å². The van der Waals surface area contributed by atoms with E-state index in [0.29, 0.717) is 17.3 Å². The molecule has 1 aromatic heterocycles. The fraction of sp³-hybridized carbons (Fsp3) is 0.286. The van der Waals surface area contributed by atoms with Gasteiger partial charge in [0.05, 0.1) is 4.90 Å². The second-order valence-corrected chi connectivity index (χ2v) is 8.43. The molecule has 114 valence electrons. The molecular formula is C14H16BrNO3S2. The fourth-order valence-electron chi connectivity index (χ4n) is 1.68. The number of halogens is 1. The van der Waals surface area contributed by atoms with Crippen LogP contribution >= 0.6 is 27.3 Å². The molecule has 2 rings (SSSR count). The van der Waals surface area contributed by atoms with Crippen molar-refractivity contribution < 1.29 is 13.2 Å². The van der Waals surface area contributed by atoms with Crippen LogP contribution in [0.15, 0.2) is 45.1 Å². The second-order valence-electron chi connectivity index (χ2n) is 4.50. The van der Waals surface area contributed by atoms with Gasteiger partial charge in [-0.15, -0.1) is 11.3 Å². The Labute approximate surface area is 137 Å². The van der Waals surface area contributed by atoms with Gasteiger partial charge in [0.15, 0.2) is 9.84 Å². The molecule has 4 nitrogen and oxygen atoms in total. The molecule has 0 aliphatic heterocycles. The Morgan fingerprint density at radius 2 is 2.00 bits per heavy atom. The van der Waals surface area contributed by atoms with E-state index in [-0.39, 0.29) is 0 Å². The SMILES string of the molecule is CS(=O)(=O)c1ccc(OCCNCc2cc(Br)cs2)cc1. The summed E-state index contributed by atoms with van der Waals surface area (Å²) in [5, 5.41) is 5.34. The van der Waals surface area contributed by atoms with E-state index >= 15 is 0 Å². The molecule has 0 amide bonds. The molecule has 1 aromatic carbocycles. The molecule has 21 heavy (non-hydrogen) atoms. The van der Waals surface area contributed by atoms with Gasteiger partial charge in [0.2, 0.25) is 0 Å². The van der Waals surface area contributed by atoms with Gasteiger partial charge < -0.3 is 10.1 Å². The van der Waals surface area contributed by atoms with Crippen molar-refractivity contribution in [2.45, 2.75) is 11.4 Å². The van der Waals surface area contributed by atoms with Crippen LogP contribution in [0.3, 0.4) is 0 Å². The lowest BCUT2D eigenvalue weighted by molar-refractivity contribution is 0.313. The minimum atomic E-state index is -3.15. The summed E-state index contributed by atoms with van der Waals surface area (Å²) in [6.45, 7) is 2.07. The van der Waals surface area contributed by atoms with Crippen molar-refractivity contribution in [1.29, 1.82) is 0 Å². The number of nitrogens with one attached hydrogen (secondary N) is 1. The number of thiophene rings is 1. The van der Waals surface area contributed by atoms with Gasteiger partial charge in [0.1, 0.15) is 12.4 Å². The standard InChI is InChI=1S/C14H16BrNO3S2/c1-21(17,18)14-4-2-12(3-5-14)19-7-6-16-9-13-8-11(15)10-20-13/h2-5,8,10,16H,6-7,9H2,1H3. The Hall–Kier alpha value is -0.890. The van der Waals surface area contributed by atoms with Gasteiger partial charge in [0.25, 0.3) is 0 Å². The molecule has 1 N–H and O–H groups in total. The van der Waals surface area contributed by atoms with Crippen LogP contribution in [-0.2, 0) is 16.4 Å². The smallest absolute Gasteiger partial charge is 0.175 e. The van der Waals surface area contributed by atoms with Crippen molar-refractivity contribution in [2.24, 2.45) is 0 Å². The van der Waals surface area contributed by atoms with Crippen molar-refractivity contribution in [1.82, 2.24) is 5.32 Å². The maximum absolute atomic E-state index is 11.3. The normalized spacial score (nSPS) is 11.5. The molecule has 0 saturated carbocycles. The maximum Gasteiger partial charge on any atom is 0.175 e. The number of ether oxygens (including phenoxy) is 1. The number of hydrogen-bond donors (Lipinski definition) is 1. The third-order valence-corrected chi connectivity index (χ3v) is 5.55. The number of benzene rings is 1. The van der Waals surface area contributed by atoms with Crippen molar-refractivity contribution in [3.05, 3.63) is 45.1 Å². The highest BCUT2D eigenvalue weighted by Gasteiger charge is 2.06. The lowest BCUT2D eigenvalue weighted by atomic mass is 10.3. The van der Waals surface area contributed by atoms with Gasteiger partial charge >= 0.3 is 0 Å². The number of sulfone groups is 1. The Morgan fingerprint density at radius 1 is 1.29 bits per heavy atom. The van der Waals surface area contributed by atoms with Gasteiger partial charge in [0, 0.05) is 34.1 Å². The van der Waals surface area contributed by atoms with E-state index in [0.717, 1.165) is 17.6 Å². The van der Waals surface area contributed by atoms with E-state index in [2.05, 4.69) is 32.7 Å². The van der Waals surface area contributed by atoms with Gasteiger partial charge in [-0.1, -0.05) is 0 Å². The summed E-state index contributed by atoms with van der Waals surface area (Å²) >= 11 is 5.12. The first-order chi connectivity index (χ1) is 9.95. The van der Waals surface area contributed by atoms with Crippen LogP contribution in [0.4, 0.5) is 0 Å². The first-order valence-electron chi connectivity index (χ1n) is 6.32. The molecular weight excluding hydrogens is 374 g/mol. The zero-order chi connectivity index (χ0) is 15.3. The summed E-state index contributed by atoms with van der Waals surface area (Å²) in [5.74, 6) is 0.670. The third-order valence-electron chi connectivity index (χ3n) is 2.72. The first kappa shape index (κ1) is 16.5. The lowest BCUT2D eigenvalue weighted by Gasteiger charge is -2.07. The molecule has 0 fully saturated rings. The van der Waals surface area contributed by atoms with Crippen LogP contribution < -0.4 is 10.1 Å². The minimum Gasteiger partial charge on any atom is -0.492 e. The lowest BCUT2D eigenvalue weighted by Crippen LogP contribution is -2.20. The molecule has 1 heterocycles. The zero-order valence-corrected chi connectivity index (χ0v) is 14.7. The molecule has 0 radical (unpaired) electrons. The van der Waals surface area contributed by atoms with Crippen molar-refractivity contribution in [3.63, 3.8) is 0 Å². The minimum absolute atomic E-state index is 0.302. The van der Waals surface area contributed by atoms with Crippen molar-refractivity contribution in [3.8, 4) is 5.75 Å². The van der Waals surface area contributed by atoms with Crippen LogP contribution in [0.5, 0.6) is 5.75 Å². The summed E-state index contributed by atoms with van der Waals surface area (Å²) in [5.41, 5.74) is 0. The summed E-state index contributed by atoms with van der Waals surface area (Å²) in [6, 6.07) is 8.55. The van der Waals surface area contributed by atoms with E-state index in [1.165, 1.54) is 11.1 Å². The molecule has 0 unspecified atom stereocenters. The monoisotopic (exact) mass is 389 g/mol. The highest BCUT2D eigenvalue weighted by Crippen LogP contribution is 2.19. The van der Waals surface area contributed by atoms with Gasteiger partial charge in [-0.3, -0.25) is 0 Å². The molecule has 7 heteroatoms. The van der Waals surface area contributed by atoms with Crippen LogP contribution in [0.25, 0.3) is 0 Å². The Kier molecular flexibility index (Phi) is 5.80. The highest BCUT2D eigenvalue weighted by molar-refractivity contribution is 9.10.